The molecule has 22 heavy (non-hydrogen) atoms. The first-order valence-corrected chi connectivity index (χ1v) is 7.89. The summed E-state index contributed by atoms with van der Waals surface area (Å²) in [6.07, 6.45) is 6.19. The SMILES string of the molecule is Cc1cnccc1NC(=O)N1CCC(N(C)CCCO)CC1. The first-order valence-electron chi connectivity index (χ1n) is 7.89. The fourth-order valence-electron chi connectivity index (χ4n) is 2.82. The van der Waals surface area contributed by atoms with Crippen LogP contribution in [0, 0.1) is 6.92 Å². The number of nitrogens with one attached hydrogen (secondary N) is 1. The number of aliphatic hydroxyl groups is 1. The van der Waals surface area contributed by atoms with Crippen molar-refractivity contribution in [1.29, 1.82) is 0 Å². The summed E-state index contributed by atoms with van der Waals surface area (Å²) < 4.78 is 0. The molecule has 0 saturated carbocycles. The number of piperidine rings is 1. The monoisotopic (exact) mass is 306 g/mol. The number of likely N-dealkylation sites (tertiary alicyclic amines) is 1. The summed E-state index contributed by atoms with van der Waals surface area (Å²) in [7, 11) is 2.09. The maximum atomic E-state index is 12.3. The van der Waals surface area contributed by atoms with E-state index in [1.165, 1.54) is 0 Å². The highest BCUT2D eigenvalue weighted by molar-refractivity contribution is 5.90. The van der Waals surface area contributed by atoms with Crippen molar-refractivity contribution in [2.75, 3.05) is 38.6 Å². The van der Waals surface area contributed by atoms with Crippen molar-refractivity contribution in [2.24, 2.45) is 0 Å². The third kappa shape index (κ3) is 4.42. The molecule has 6 nitrogen and oxygen atoms in total. The number of anilines is 1. The summed E-state index contributed by atoms with van der Waals surface area (Å²) in [5, 5.41) is 11.9. The Balaban J connectivity index is 1.81. The molecule has 6 heteroatoms. The van der Waals surface area contributed by atoms with Crippen molar-refractivity contribution in [3.05, 3.63) is 24.0 Å². The van der Waals surface area contributed by atoms with Crippen molar-refractivity contribution < 1.29 is 9.90 Å². The lowest BCUT2D eigenvalue weighted by molar-refractivity contribution is 0.134. The third-order valence-electron chi connectivity index (χ3n) is 4.31. The fourth-order valence-corrected chi connectivity index (χ4v) is 2.82. The van der Waals surface area contributed by atoms with Gasteiger partial charge in [-0.25, -0.2) is 4.79 Å². The first-order chi connectivity index (χ1) is 10.6. The Morgan fingerprint density at radius 3 is 2.86 bits per heavy atom. The van der Waals surface area contributed by atoms with E-state index in [-0.39, 0.29) is 12.6 Å². The van der Waals surface area contributed by atoms with Crippen molar-refractivity contribution >= 4 is 11.7 Å². The second-order valence-corrected chi connectivity index (χ2v) is 5.90. The summed E-state index contributed by atoms with van der Waals surface area (Å²) in [5.41, 5.74) is 1.79. The maximum absolute atomic E-state index is 12.3. The molecule has 1 aliphatic heterocycles. The van der Waals surface area contributed by atoms with E-state index in [0.29, 0.717) is 6.04 Å². The molecule has 1 aromatic heterocycles. The van der Waals surface area contributed by atoms with E-state index in [1.807, 2.05) is 17.9 Å². The molecular weight excluding hydrogens is 280 g/mol. The van der Waals surface area contributed by atoms with Gasteiger partial charge >= 0.3 is 6.03 Å². The zero-order valence-electron chi connectivity index (χ0n) is 13.5. The van der Waals surface area contributed by atoms with Crippen LogP contribution < -0.4 is 5.32 Å². The number of rotatable bonds is 5. The molecule has 1 fully saturated rings. The van der Waals surface area contributed by atoms with E-state index >= 15 is 0 Å². The van der Waals surface area contributed by atoms with E-state index in [2.05, 4.69) is 22.2 Å². The molecule has 0 aromatic carbocycles. The fraction of sp³-hybridized carbons (Fsp3) is 0.625. The number of amides is 2. The molecule has 1 saturated heterocycles. The van der Waals surface area contributed by atoms with Crippen LogP contribution in [-0.2, 0) is 0 Å². The van der Waals surface area contributed by atoms with Gasteiger partial charge in [-0.15, -0.1) is 0 Å². The second-order valence-electron chi connectivity index (χ2n) is 5.90. The van der Waals surface area contributed by atoms with Crippen molar-refractivity contribution in [3.8, 4) is 0 Å². The number of nitrogens with zero attached hydrogens (tertiary/aromatic N) is 3. The molecule has 2 rings (SSSR count). The van der Waals surface area contributed by atoms with Gasteiger partial charge in [0, 0.05) is 50.4 Å². The minimum atomic E-state index is -0.0363. The molecule has 0 aliphatic carbocycles. The molecule has 2 amide bonds. The van der Waals surface area contributed by atoms with Crippen LogP contribution in [0.1, 0.15) is 24.8 Å². The number of hydrogen-bond donors (Lipinski definition) is 2. The quantitative estimate of drug-likeness (QED) is 0.869. The topological polar surface area (TPSA) is 68.7 Å². The highest BCUT2D eigenvalue weighted by Crippen LogP contribution is 2.18. The van der Waals surface area contributed by atoms with Crippen molar-refractivity contribution in [3.63, 3.8) is 0 Å². The van der Waals surface area contributed by atoms with Crippen LogP contribution in [0.2, 0.25) is 0 Å². The second kappa shape index (κ2) is 8.10. The molecule has 0 spiro atoms. The number of pyridine rings is 1. The average Bonchev–Trinajstić information content (AvgIpc) is 2.55. The smallest absolute Gasteiger partial charge is 0.321 e. The predicted octanol–water partition coefficient (Wildman–Crippen LogP) is 1.70. The van der Waals surface area contributed by atoms with E-state index in [1.54, 1.807) is 12.4 Å². The average molecular weight is 306 g/mol. The molecule has 1 aromatic rings. The van der Waals surface area contributed by atoms with Crippen molar-refractivity contribution in [1.82, 2.24) is 14.8 Å². The lowest BCUT2D eigenvalue weighted by Crippen LogP contribution is -2.47. The summed E-state index contributed by atoms with van der Waals surface area (Å²) in [6.45, 7) is 4.61. The Morgan fingerprint density at radius 2 is 2.23 bits per heavy atom. The Labute approximate surface area is 132 Å². The van der Waals surface area contributed by atoms with Crippen LogP contribution in [0.15, 0.2) is 18.5 Å². The maximum Gasteiger partial charge on any atom is 0.321 e. The van der Waals surface area contributed by atoms with Gasteiger partial charge in [-0.3, -0.25) is 4.98 Å². The van der Waals surface area contributed by atoms with Gasteiger partial charge in [-0.05, 0) is 44.9 Å². The summed E-state index contributed by atoms with van der Waals surface area (Å²) in [5.74, 6) is 0. The van der Waals surface area contributed by atoms with Crippen LogP contribution in [-0.4, -0.2) is 65.3 Å². The number of carbonyl (C=O) groups is 1. The summed E-state index contributed by atoms with van der Waals surface area (Å²) in [4.78, 5) is 20.5. The molecule has 1 aliphatic rings. The molecule has 2 heterocycles. The van der Waals surface area contributed by atoms with Gasteiger partial charge < -0.3 is 20.2 Å². The van der Waals surface area contributed by atoms with E-state index in [9.17, 15) is 4.79 Å². The van der Waals surface area contributed by atoms with Gasteiger partial charge in [0.2, 0.25) is 0 Å². The molecule has 122 valence electrons. The Morgan fingerprint density at radius 1 is 1.50 bits per heavy atom. The van der Waals surface area contributed by atoms with Crippen LogP contribution in [0.25, 0.3) is 0 Å². The number of carbonyl (C=O) groups excluding carboxylic acids is 1. The normalized spacial score (nSPS) is 16.1. The van der Waals surface area contributed by atoms with E-state index in [0.717, 1.165) is 50.1 Å². The highest BCUT2D eigenvalue weighted by atomic mass is 16.3. The minimum absolute atomic E-state index is 0.0363. The number of urea groups is 1. The van der Waals surface area contributed by atoms with Gasteiger partial charge in [0.05, 0.1) is 0 Å². The minimum Gasteiger partial charge on any atom is -0.396 e. The Hall–Kier alpha value is -1.66. The van der Waals surface area contributed by atoms with Crippen LogP contribution >= 0.6 is 0 Å². The molecule has 2 N–H and O–H groups in total. The zero-order chi connectivity index (χ0) is 15.9. The number of hydrogen-bond acceptors (Lipinski definition) is 4. The van der Waals surface area contributed by atoms with Crippen LogP contribution in [0.3, 0.4) is 0 Å². The summed E-state index contributed by atoms with van der Waals surface area (Å²) in [6, 6.07) is 2.28. The van der Waals surface area contributed by atoms with Crippen LogP contribution in [0.5, 0.6) is 0 Å². The van der Waals surface area contributed by atoms with Gasteiger partial charge in [0.1, 0.15) is 0 Å². The van der Waals surface area contributed by atoms with Gasteiger partial charge in [-0.1, -0.05) is 0 Å². The van der Waals surface area contributed by atoms with Crippen LogP contribution in [0.4, 0.5) is 10.5 Å². The van der Waals surface area contributed by atoms with Crippen molar-refractivity contribution in [2.45, 2.75) is 32.2 Å². The van der Waals surface area contributed by atoms with E-state index in [4.69, 9.17) is 5.11 Å². The molecular formula is C16H26N4O2. The number of aromatic nitrogens is 1. The van der Waals surface area contributed by atoms with Gasteiger partial charge in [0.25, 0.3) is 0 Å². The lowest BCUT2D eigenvalue weighted by Gasteiger charge is -2.36. The van der Waals surface area contributed by atoms with Gasteiger partial charge in [0.15, 0.2) is 0 Å². The highest BCUT2D eigenvalue weighted by Gasteiger charge is 2.25. The lowest BCUT2D eigenvalue weighted by atomic mass is 10.0. The third-order valence-corrected chi connectivity index (χ3v) is 4.31. The first kappa shape index (κ1) is 16.7. The Bertz CT molecular complexity index is 487. The Kier molecular flexibility index (Phi) is 6.15. The molecule has 0 radical (unpaired) electrons. The largest absolute Gasteiger partial charge is 0.396 e. The number of aryl methyl sites for hydroxylation is 1. The molecule has 0 bridgehead atoms. The van der Waals surface area contributed by atoms with Gasteiger partial charge in [-0.2, -0.15) is 0 Å². The summed E-state index contributed by atoms with van der Waals surface area (Å²) >= 11 is 0. The van der Waals surface area contributed by atoms with E-state index < -0.39 is 0 Å². The molecule has 0 unspecified atom stereocenters. The zero-order valence-corrected chi connectivity index (χ0v) is 13.5. The predicted molar refractivity (Wildman–Crippen MR) is 86.9 cm³/mol. The number of aliphatic hydroxyl groups excluding tert-OH is 1. The standard InChI is InChI=1S/C16H26N4O2/c1-13-12-17-7-4-15(13)18-16(22)20-9-5-14(6-10-20)19(2)8-3-11-21/h4,7,12,14,21H,3,5-6,8-11H2,1-2H3,(H,17,18,22). The molecule has 0 atom stereocenters.